The highest BCUT2D eigenvalue weighted by Gasteiger charge is 2.46. The van der Waals surface area contributed by atoms with E-state index in [2.05, 4.69) is 11.5 Å². The lowest BCUT2D eigenvalue weighted by atomic mass is 9.94. The second-order valence-corrected chi connectivity index (χ2v) is 8.80. The minimum atomic E-state index is -0.715. The van der Waals surface area contributed by atoms with Gasteiger partial charge in [0, 0.05) is 31.7 Å². The Morgan fingerprint density at radius 3 is 2.44 bits per heavy atom. The van der Waals surface area contributed by atoms with Crippen molar-refractivity contribution in [3.63, 3.8) is 0 Å². The summed E-state index contributed by atoms with van der Waals surface area (Å²) in [4.78, 5) is 30.3. The number of likely N-dealkylation sites (tertiary alicyclic amines) is 1. The molecule has 4 rings (SSSR count). The molecule has 0 saturated carbocycles. The molecule has 8 heteroatoms. The van der Waals surface area contributed by atoms with Gasteiger partial charge in [-0.15, -0.1) is 0 Å². The molecular weight excluding hydrogens is 460 g/mol. The van der Waals surface area contributed by atoms with Gasteiger partial charge in [0.05, 0.1) is 31.9 Å². The molecule has 2 saturated heterocycles. The third-order valence-corrected chi connectivity index (χ3v) is 6.55. The van der Waals surface area contributed by atoms with E-state index in [1.807, 2.05) is 19.1 Å². The molecule has 1 amide bonds. The Kier molecular flexibility index (Phi) is 8.07. The zero-order chi connectivity index (χ0) is 25.7. The normalized spacial score (nSPS) is 19.9. The predicted octanol–water partition coefficient (Wildman–Crippen LogP) is 3.32. The number of morpholine rings is 1. The van der Waals surface area contributed by atoms with Gasteiger partial charge in [0.25, 0.3) is 11.7 Å². The number of carbonyl (C=O) groups is 2. The van der Waals surface area contributed by atoms with Gasteiger partial charge >= 0.3 is 0 Å². The number of aryl methyl sites for hydroxylation is 1. The highest BCUT2D eigenvalue weighted by atomic mass is 16.5. The number of ketones is 1. The van der Waals surface area contributed by atoms with E-state index in [-0.39, 0.29) is 11.3 Å². The maximum absolute atomic E-state index is 13.3. The number of hydrogen-bond acceptors (Lipinski definition) is 7. The Labute approximate surface area is 211 Å². The number of aliphatic hydroxyl groups is 1. The first-order valence-corrected chi connectivity index (χ1v) is 12.0. The van der Waals surface area contributed by atoms with E-state index in [4.69, 9.17) is 14.2 Å². The molecule has 2 aromatic rings. The number of benzene rings is 2. The van der Waals surface area contributed by atoms with Crippen LogP contribution in [-0.4, -0.2) is 79.7 Å². The van der Waals surface area contributed by atoms with Gasteiger partial charge in [-0.1, -0.05) is 24.8 Å². The molecule has 190 valence electrons. The molecule has 2 aliphatic rings. The summed E-state index contributed by atoms with van der Waals surface area (Å²) in [5, 5.41) is 11.4. The molecule has 2 aromatic carbocycles. The molecule has 0 radical (unpaired) electrons. The molecule has 0 bridgehead atoms. The predicted molar refractivity (Wildman–Crippen MR) is 136 cm³/mol. The first kappa shape index (κ1) is 25.5. The lowest BCUT2D eigenvalue weighted by molar-refractivity contribution is -0.140. The maximum Gasteiger partial charge on any atom is 0.295 e. The fourth-order valence-corrected chi connectivity index (χ4v) is 4.61. The number of aliphatic hydroxyl groups excluding tert-OH is 1. The molecular formula is C28H32N2O6. The number of hydrogen-bond donors (Lipinski definition) is 1. The standard InChI is InChI=1S/C28H32N2O6/c1-4-15-36-22-9-10-23(19(2)18-22)26(31)24-25(20-5-7-21(34-3)8-6-20)30(28(33)27(24)32)12-11-29-13-16-35-17-14-29/h4-10,18,25,31H,1,11-17H2,2-3H3. The summed E-state index contributed by atoms with van der Waals surface area (Å²) in [5.41, 5.74) is 2.00. The highest BCUT2D eigenvalue weighted by Crippen LogP contribution is 2.40. The van der Waals surface area contributed by atoms with Crippen LogP contribution in [0.15, 0.2) is 60.7 Å². The number of ether oxygens (including phenoxy) is 3. The van der Waals surface area contributed by atoms with Gasteiger partial charge in [-0.05, 0) is 48.4 Å². The van der Waals surface area contributed by atoms with E-state index in [1.165, 1.54) is 0 Å². The number of amides is 1. The van der Waals surface area contributed by atoms with Crippen molar-refractivity contribution in [3.05, 3.63) is 77.4 Å². The van der Waals surface area contributed by atoms with Crippen molar-refractivity contribution in [2.45, 2.75) is 13.0 Å². The highest BCUT2D eigenvalue weighted by molar-refractivity contribution is 6.46. The number of methoxy groups -OCH3 is 1. The zero-order valence-electron chi connectivity index (χ0n) is 20.7. The van der Waals surface area contributed by atoms with Crippen molar-refractivity contribution in [1.82, 2.24) is 9.80 Å². The summed E-state index contributed by atoms with van der Waals surface area (Å²) in [7, 11) is 1.58. The van der Waals surface area contributed by atoms with Crippen LogP contribution in [0, 0.1) is 6.92 Å². The molecule has 0 aromatic heterocycles. The van der Waals surface area contributed by atoms with Gasteiger partial charge in [0.1, 0.15) is 23.9 Å². The molecule has 0 aliphatic carbocycles. The van der Waals surface area contributed by atoms with Gasteiger partial charge in [-0.25, -0.2) is 0 Å². The molecule has 36 heavy (non-hydrogen) atoms. The maximum atomic E-state index is 13.3. The minimum Gasteiger partial charge on any atom is -0.507 e. The smallest absolute Gasteiger partial charge is 0.295 e. The molecule has 0 spiro atoms. The van der Waals surface area contributed by atoms with Crippen molar-refractivity contribution in [2.24, 2.45) is 0 Å². The van der Waals surface area contributed by atoms with Gasteiger partial charge in [-0.3, -0.25) is 14.5 Å². The van der Waals surface area contributed by atoms with Crippen LogP contribution < -0.4 is 9.47 Å². The van der Waals surface area contributed by atoms with Crippen LogP contribution in [-0.2, 0) is 14.3 Å². The Balaban J connectivity index is 1.73. The number of carbonyl (C=O) groups excluding carboxylic acids is 2. The topological polar surface area (TPSA) is 88.5 Å². The second-order valence-electron chi connectivity index (χ2n) is 8.80. The third-order valence-electron chi connectivity index (χ3n) is 6.55. The van der Waals surface area contributed by atoms with Crippen LogP contribution in [0.4, 0.5) is 0 Å². The zero-order valence-corrected chi connectivity index (χ0v) is 20.7. The average molecular weight is 493 g/mol. The fourth-order valence-electron chi connectivity index (χ4n) is 4.61. The second kappa shape index (κ2) is 11.4. The van der Waals surface area contributed by atoms with Crippen LogP contribution in [0.25, 0.3) is 5.76 Å². The van der Waals surface area contributed by atoms with Crippen molar-refractivity contribution in [3.8, 4) is 11.5 Å². The van der Waals surface area contributed by atoms with E-state index in [1.54, 1.807) is 48.4 Å². The van der Waals surface area contributed by atoms with Crippen LogP contribution in [0.5, 0.6) is 11.5 Å². The molecule has 1 unspecified atom stereocenters. The van der Waals surface area contributed by atoms with Gasteiger partial charge in [0.2, 0.25) is 0 Å². The third kappa shape index (κ3) is 5.29. The number of rotatable bonds is 9. The summed E-state index contributed by atoms with van der Waals surface area (Å²) in [5.74, 6) is -0.219. The fraction of sp³-hybridized carbons (Fsp3) is 0.357. The molecule has 8 nitrogen and oxygen atoms in total. The van der Waals surface area contributed by atoms with Gasteiger partial charge in [-0.2, -0.15) is 0 Å². The summed E-state index contributed by atoms with van der Waals surface area (Å²) in [6.07, 6.45) is 1.65. The summed E-state index contributed by atoms with van der Waals surface area (Å²) < 4.78 is 16.3. The largest absolute Gasteiger partial charge is 0.507 e. The van der Waals surface area contributed by atoms with Crippen LogP contribution in [0.3, 0.4) is 0 Å². The molecule has 2 heterocycles. The quantitative estimate of drug-likeness (QED) is 0.249. The number of Topliss-reactive ketones (excluding diaryl/α,β-unsaturated/α-hetero) is 1. The minimum absolute atomic E-state index is 0.0787. The van der Waals surface area contributed by atoms with Gasteiger partial charge < -0.3 is 24.2 Å². The van der Waals surface area contributed by atoms with E-state index < -0.39 is 17.7 Å². The van der Waals surface area contributed by atoms with Crippen molar-refractivity contribution in [2.75, 3.05) is 53.1 Å². The Morgan fingerprint density at radius 2 is 1.81 bits per heavy atom. The Morgan fingerprint density at radius 1 is 1.11 bits per heavy atom. The summed E-state index contributed by atoms with van der Waals surface area (Å²) in [6.45, 7) is 9.63. The molecule has 2 fully saturated rings. The van der Waals surface area contributed by atoms with E-state index in [0.717, 1.165) is 24.2 Å². The average Bonchev–Trinajstić information content (AvgIpc) is 3.16. The van der Waals surface area contributed by atoms with E-state index in [9.17, 15) is 14.7 Å². The van der Waals surface area contributed by atoms with Crippen molar-refractivity contribution in [1.29, 1.82) is 0 Å². The van der Waals surface area contributed by atoms with Crippen molar-refractivity contribution >= 4 is 17.4 Å². The van der Waals surface area contributed by atoms with E-state index in [0.29, 0.717) is 50.0 Å². The van der Waals surface area contributed by atoms with Crippen LogP contribution in [0.2, 0.25) is 0 Å². The summed E-state index contributed by atoms with van der Waals surface area (Å²) in [6, 6.07) is 11.7. The van der Waals surface area contributed by atoms with Crippen LogP contribution >= 0.6 is 0 Å². The van der Waals surface area contributed by atoms with Gasteiger partial charge in [0.15, 0.2) is 0 Å². The first-order chi connectivity index (χ1) is 17.4. The number of nitrogens with zero attached hydrogens (tertiary/aromatic N) is 2. The first-order valence-electron chi connectivity index (χ1n) is 12.0. The molecule has 2 aliphatic heterocycles. The Hall–Kier alpha value is -3.62. The summed E-state index contributed by atoms with van der Waals surface area (Å²) >= 11 is 0. The van der Waals surface area contributed by atoms with Crippen LogP contribution in [0.1, 0.15) is 22.7 Å². The van der Waals surface area contributed by atoms with E-state index >= 15 is 0 Å². The Bertz CT molecular complexity index is 1150. The van der Waals surface area contributed by atoms with Crippen molar-refractivity contribution < 1.29 is 28.9 Å². The lowest BCUT2D eigenvalue weighted by Crippen LogP contribution is -2.42. The molecule has 1 atom stereocenters. The molecule has 1 N–H and O–H groups in total. The monoisotopic (exact) mass is 492 g/mol. The SMILES string of the molecule is C=CCOc1ccc(C(O)=C2C(=O)C(=O)N(CCN3CCOCC3)C2c2ccc(OC)cc2)c(C)c1. The lowest BCUT2D eigenvalue weighted by Gasteiger charge is -2.31.